The Morgan fingerprint density at radius 1 is 1.31 bits per heavy atom. The molecule has 1 aromatic rings. The Labute approximate surface area is 105 Å². The summed E-state index contributed by atoms with van der Waals surface area (Å²) in [7, 11) is 0. The number of halogens is 2. The van der Waals surface area contributed by atoms with Crippen LogP contribution in [0.4, 0.5) is 0 Å². The summed E-state index contributed by atoms with van der Waals surface area (Å²) in [4.78, 5) is 0. The monoisotopic (exact) mass is 260 g/mol. The minimum Gasteiger partial charge on any atom is -0.467 e. The van der Waals surface area contributed by atoms with Gasteiger partial charge in [-0.1, -0.05) is 11.6 Å². The van der Waals surface area contributed by atoms with Crippen molar-refractivity contribution in [3.05, 3.63) is 28.8 Å². The lowest BCUT2D eigenvalue weighted by Gasteiger charge is -2.10. The standard InChI is InChI=1S/C12H14Cl2O2/c13-6-10-5-11(14)3-4-12(10)16-8-15-7-9-1-2-9/h3-5,9H,1-2,6-8H2. The quantitative estimate of drug-likeness (QED) is 0.440. The molecule has 0 unspecified atom stereocenters. The lowest BCUT2D eigenvalue weighted by molar-refractivity contribution is 0.00957. The molecule has 4 heteroatoms. The fraction of sp³-hybridized carbons (Fsp3) is 0.500. The average molecular weight is 261 g/mol. The smallest absolute Gasteiger partial charge is 0.189 e. The Kier molecular flexibility index (Phi) is 4.33. The summed E-state index contributed by atoms with van der Waals surface area (Å²) in [6, 6.07) is 5.42. The molecule has 1 fully saturated rings. The molecule has 0 saturated heterocycles. The largest absolute Gasteiger partial charge is 0.467 e. The third kappa shape index (κ3) is 3.55. The first-order valence-electron chi connectivity index (χ1n) is 5.34. The van der Waals surface area contributed by atoms with Crippen molar-refractivity contribution >= 4 is 23.2 Å². The normalized spacial score (nSPS) is 15.1. The SMILES string of the molecule is ClCc1cc(Cl)ccc1OCOCC1CC1. The highest BCUT2D eigenvalue weighted by molar-refractivity contribution is 6.30. The molecule has 0 atom stereocenters. The number of alkyl halides is 1. The molecule has 2 nitrogen and oxygen atoms in total. The molecule has 1 saturated carbocycles. The van der Waals surface area contributed by atoms with Crippen LogP contribution in [0.5, 0.6) is 5.75 Å². The summed E-state index contributed by atoms with van der Waals surface area (Å²) in [6.45, 7) is 1.08. The maximum Gasteiger partial charge on any atom is 0.189 e. The highest BCUT2D eigenvalue weighted by atomic mass is 35.5. The molecule has 88 valence electrons. The first-order valence-corrected chi connectivity index (χ1v) is 6.26. The Bertz CT molecular complexity index is 351. The van der Waals surface area contributed by atoms with Crippen molar-refractivity contribution in [3.8, 4) is 5.75 Å². The van der Waals surface area contributed by atoms with Crippen molar-refractivity contribution < 1.29 is 9.47 Å². The molecule has 0 bridgehead atoms. The summed E-state index contributed by atoms with van der Waals surface area (Å²) >= 11 is 11.7. The maximum absolute atomic E-state index is 5.86. The van der Waals surface area contributed by atoms with E-state index in [4.69, 9.17) is 32.7 Å². The summed E-state index contributed by atoms with van der Waals surface area (Å²) in [5.41, 5.74) is 0.893. The number of benzene rings is 1. The second-order valence-corrected chi connectivity index (χ2v) is 4.67. The van der Waals surface area contributed by atoms with Crippen molar-refractivity contribution in [3.63, 3.8) is 0 Å². The van der Waals surface area contributed by atoms with Crippen LogP contribution in [0.25, 0.3) is 0 Å². The Balaban J connectivity index is 1.82. The summed E-state index contributed by atoms with van der Waals surface area (Å²) in [5.74, 6) is 1.88. The van der Waals surface area contributed by atoms with Gasteiger partial charge in [0.25, 0.3) is 0 Å². The van der Waals surface area contributed by atoms with Gasteiger partial charge in [-0.2, -0.15) is 0 Å². The van der Waals surface area contributed by atoms with Crippen LogP contribution in [-0.4, -0.2) is 13.4 Å². The second kappa shape index (κ2) is 5.76. The van der Waals surface area contributed by atoms with Crippen molar-refractivity contribution in [1.82, 2.24) is 0 Å². The van der Waals surface area contributed by atoms with Crippen LogP contribution in [0.3, 0.4) is 0 Å². The molecule has 0 radical (unpaired) electrons. The van der Waals surface area contributed by atoms with Gasteiger partial charge in [0.05, 0.1) is 12.5 Å². The predicted molar refractivity (Wildman–Crippen MR) is 65.2 cm³/mol. The fourth-order valence-corrected chi connectivity index (χ4v) is 1.80. The molecule has 1 aliphatic carbocycles. The van der Waals surface area contributed by atoms with E-state index in [0.29, 0.717) is 10.9 Å². The minimum atomic E-state index is 0.280. The van der Waals surface area contributed by atoms with Crippen LogP contribution in [0, 0.1) is 5.92 Å². The van der Waals surface area contributed by atoms with Gasteiger partial charge in [0.15, 0.2) is 6.79 Å². The number of ether oxygens (including phenoxy) is 2. The molecule has 1 aliphatic rings. The van der Waals surface area contributed by atoms with E-state index in [9.17, 15) is 0 Å². The molecule has 0 spiro atoms. The fourth-order valence-electron chi connectivity index (χ4n) is 1.40. The zero-order valence-electron chi connectivity index (χ0n) is 8.92. The molecule has 0 amide bonds. The van der Waals surface area contributed by atoms with Crippen LogP contribution in [0.15, 0.2) is 18.2 Å². The van der Waals surface area contributed by atoms with E-state index in [-0.39, 0.29) is 6.79 Å². The number of hydrogen-bond donors (Lipinski definition) is 0. The summed E-state index contributed by atoms with van der Waals surface area (Å²) in [5, 5.41) is 0.668. The highest BCUT2D eigenvalue weighted by Gasteiger charge is 2.21. The summed E-state index contributed by atoms with van der Waals surface area (Å²) in [6.07, 6.45) is 2.57. The molecule has 2 rings (SSSR count). The van der Waals surface area contributed by atoms with Crippen molar-refractivity contribution in [2.45, 2.75) is 18.7 Å². The third-order valence-electron chi connectivity index (χ3n) is 2.51. The first kappa shape index (κ1) is 12.0. The highest BCUT2D eigenvalue weighted by Crippen LogP contribution is 2.29. The lowest BCUT2D eigenvalue weighted by atomic mass is 10.2. The molecule has 0 aliphatic heterocycles. The first-order chi connectivity index (χ1) is 7.79. The van der Waals surface area contributed by atoms with E-state index < -0.39 is 0 Å². The van der Waals surface area contributed by atoms with Crippen LogP contribution in [-0.2, 0) is 10.6 Å². The van der Waals surface area contributed by atoms with Gasteiger partial charge in [-0.05, 0) is 37.0 Å². The van der Waals surface area contributed by atoms with Crippen LogP contribution in [0.1, 0.15) is 18.4 Å². The zero-order valence-corrected chi connectivity index (χ0v) is 10.4. The second-order valence-electron chi connectivity index (χ2n) is 3.96. The zero-order chi connectivity index (χ0) is 11.4. The van der Waals surface area contributed by atoms with Gasteiger partial charge in [0.2, 0.25) is 0 Å². The molecule has 0 N–H and O–H groups in total. The molecule has 1 aromatic carbocycles. The van der Waals surface area contributed by atoms with Crippen LogP contribution < -0.4 is 4.74 Å². The van der Waals surface area contributed by atoms with E-state index in [2.05, 4.69) is 0 Å². The van der Waals surface area contributed by atoms with Crippen molar-refractivity contribution in [2.24, 2.45) is 5.92 Å². The Hall–Kier alpha value is -0.440. The van der Waals surface area contributed by atoms with Gasteiger partial charge in [-0.3, -0.25) is 0 Å². The van der Waals surface area contributed by atoms with E-state index in [1.807, 2.05) is 12.1 Å². The molecule has 0 aromatic heterocycles. The average Bonchev–Trinajstić information content (AvgIpc) is 3.09. The van der Waals surface area contributed by atoms with Crippen LogP contribution >= 0.6 is 23.2 Å². The maximum atomic E-state index is 5.86. The van der Waals surface area contributed by atoms with Gasteiger partial charge < -0.3 is 9.47 Å². The molecule has 16 heavy (non-hydrogen) atoms. The molecular weight excluding hydrogens is 247 g/mol. The van der Waals surface area contributed by atoms with Gasteiger partial charge in [0, 0.05) is 10.6 Å². The number of rotatable bonds is 6. The van der Waals surface area contributed by atoms with Gasteiger partial charge in [-0.15, -0.1) is 11.6 Å². The third-order valence-corrected chi connectivity index (χ3v) is 3.04. The number of hydrogen-bond acceptors (Lipinski definition) is 2. The van der Waals surface area contributed by atoms with Crippen LogP contribution in [0.2, 0.25) is 5.02 Å². The summed E-state index contributed by atoms with van der Waals surface area (Å²) < 4.78 is 10.9. The Morgan fingerprint density at radius 2 is 2.12 bits per heavy atom. The van der Waals surface area contributed by atoms with Gasteiger partial charge >= 0.3 is 0 Å². The minimum absolute atomic E-state index is 0.280. The predicted octanol–water partition coefficient (Wildman–Crippen LogP) is 3.84. The van der Waals surface area contributed by atoms with Crippen molar-refractivity contribution in [1.29, 1.82) is 0 Å². The topological polar surface area (TPSA) is 18.5 Å². The van der Waals surface area contributed by atoms with E-state index >= 15 is 0 Å². The van der Waals surface area contributed by atoms with E-state index in [1.165, 1.54) is 12.8 Å². The Morgan fingerprint density at radius 3 is 2.81 bits per heavy atom. The van der Waals surface area contributed by atoms with E-state index in [0.717, 1.165) is 23.8 Å². The van der Waals surface area contributed by atoms with Gasteiger partial charge in [-0.25, -0.2) is 0 Å². The van der Waals surface area contributed by atoms with E-state index in [1.54, 1.807) is 6.07 Å². The lowest BCUT2D eigenvalue weighted by Crippen LogP contribution is -2.06. The molecule has 0 heterocycles. The van der Waals surface area contributed by atoms with Gasteiger partial charge in [0.1, 0.15) is 5.75 Å². The van der Waals surface area contributed by atoms with Crippen molar-refractivity contribution in [2.75, 3.05) is 13.4 Å². The molecular formula is C12H14Cl2O2.